The molecule has 0 fully saturated rings. The van der Waals surface area contributed by atoms with Gasteiger partial charge in [-0.05, 0) is 59.7 Å². The Morgan fingerprint density at radius 1 is 1.11 bits per heavy atom. The number of carbonyl (C=O) groups excluding carboxylic acids is 1. The lowest BCUT2D eigenvalue weighted by Crippen LogP contribution is -2.51. The van der Waals surface area contributed by atoms with E-state index < -0.39 is 69.3 Å². The van der Waals surface area contributed by atoms with Crippen LogP contribution in [0.3, 0.4) is 0 Å². The molecule has 0 aliphatic heterocycles. The number of ether oxygens (including phenoxy) is 1. The Morgan fingerprint density at radius 2 is 1.73 bits per heavy atom. The van der Waals surface area contributed by atoms with Crippen LogP contribution in [0.25, 0.3) is 0 Å². The van der Waals surface area contributed by atoms with E-state index in [1.54, 1.807) is 48.5 Å². The Balaban J connectivity index is 1.66. The molecule has 14 heteroatoms. The van der Waals surface area contributed by atoms with Gasteiger partial charge in [0.25, 0.3) is 0 Å². The van der Waals surface area contributed by atoms with Crippen molar-refractivity contribution in [1.29, 1.82) is 0 Å². The summed E-state index contributed by atoms with van der Waals surface area (Å²) in [5, 5.41) is 11.1. The number of aryl methyl sites for hydroxylation is 1. The summed E-state index contributed by atoms with van der Waals surface area (Å²) in [6.45, 7) is 4.45. The maximum Gasteiger partial charge on any atom is 0.417 e. The molecule has 0 aromatic heterocycles. The van der Waals surface area contributed by atoms with Crippen molar-refractivity contribution in [2.45, 2.75) is 74.3 Å². The van der Waals surface area contributed by atoms with Crippen LogP contribution in [0.1, 0.15) is 55.0 Å². The molecule has 0 radical (unpaired) electrons. The van der Waals surface area contributed by atoms with Crippen LogP contribution in [0.4, 0.5) is 18.9 Å². The minimum absolute atomic E-state index is 0.0184. The van der Waals surface area contributed by atoms with Crippen LogP contribution in [0.5, 0.6) is 0 Å². The Bertz CT molecular complexity index is 1710. The van der Waals surface area contributed by atoms with Crippen molar-refractivity contribution in [2.24, 2.45) is 0 Å². The number of aliphatic hydroxyl groups is 1. The summed E-state index contributed by atoms with van der Waals surface area (Å²) in [7, 11) is -3.94. The molecule has 0 saturated carbocycles. The van der Waals surface area contributed by atoms with Crippen molar-refractivity contribution in [2.75, 3.05) is 10.6 Å². The van der Waals surface area contributed by atoms with Gasteiger partial charge in [-0.3, -0.25) is 13.3 Å². The first-order valence-electron chi connectivity index (χ1n) is 13.8. The summed E-state index contributed by atoms with van der Waals surface area (Å²) >= 11 is 3.10. The van der Waals surface area contributed by atoms with Gasteiger partial charge in [-0.15, -0.1) is 0 Å². The molecule has 1 aliphatic carbocycles. The molecule has 0 spiro atoms. The number of hydrogen-bond acceptors (Lipinski definition) is 7. The van der Waals surface area contributed by atoms with Crippen molar-refractivity contribution in [3.05, 3.63) is 94.0 Å². The SMILES string of the molecule is Cc1ccc(N(C2c3ccccc3CC2OC(=O)CC(O)(CC(C)(C)c2ccc(Cl)cc2S(C)(=O)=O)C(F)(F)F)S(=O)[O-])cc1. The molecule has 4 rings (SSSR count). The molecule has 1 aliphatic rings. The third-order valence-electron chi connectivity index (χ3n) is 7.90. The number of benzene rings is 3. The standard InChI is InChI=1S/C31H33ClF3NO7S2/c1-19-9-12-22(13-10-19)36(44(39)40)28-23-8-6-5-7-20(23)15-25(28)43-27(37)17-30(38,31(33,34)35)18-29(2,3)24-14-11-21(32)16-26(24)45(4,41)42/h5-14,16,25,28,38H,15,17-18H2,1-4H3,(H,39,40)/p-1. The summed E-state index contributed by atoms with van der Waals surface area (Å²) in [5.74, 6) is -1.41. The van der Waals surface area contributed by atoms with E-state index in [0.29, 0.717) is 11.1 Å². The van der Waals surface area contributed by atoms with Gasteiger partial charge in [0.15, 0.2) is 15.4 Å². The molecular formula is C31H32ClF3NO7S2-. The molecule has 0 saturated heterocycles. The molecule has 45 heavy (non-hydrogen) atoms. The highest BCUT2D eigenvalue weighted by Crippen LogP contribution is 2.46. The molecule has 0 bridgehead atoms. The fourth-order valence-electron chi connectivity index (χ4n) is 5.85. The minimum Gasteiger partial charge on any atom is -0.755 e. The largest absolute Gasteiger partial charge is 0.755 e. The van der Waals surface area contributed by atoms with Gasteiger partial charge in [0.05, 0.1) is 11.3 Å². The Kier molecular flexibility index (Phi) is 9.83. The van der Waals surface area contributed by atoms with Crippen LogP contribution in [0.15, 0.2) is 71.6 Å². The zero-order valence-electron chi connectivity index (χ0n) is 24.8. The van der Waals surface area contributed by atoms with Crippen molar-refractivity contribution in [3.63, 3.8) is 0 Å². The van der Waals surface area contributed by atoms with E-state index >= 15 is 0 Å². The van der Waals surface area contributed by atoms with Crippen molar-refractivity contribution < 1.29 is 45.0 Å². The molecule has 3 aromatic carbocycles. The van der Waals surface area contributed by atoms with E-state index in [4.69, 9.17) is 16.3 Å². The number of rotatable bonds is 10. The molecule has 4 unspecified atom stereocenters. The second-order valence-electron chi connectivity index (χ2n) is 11.9. The molecule has 244 valence electrons. The van der Waals surface area contributed by atoms with E-state index in [1.165, 1.54) is 26.0 Å². The fraction of sp³-hybridized carbons (Fsp3) is 0.387. The fourth-order valence-corrected chi connectivity index (χ4v) is 7.90. The van der Waals surface area contributed by atoms with Gasteiger partial charge in [-0.1, -0.05) is 73.5 Å². The number of carbonyl (C=O) groups is 1. The van der Waals surface area contributed by atoms with E-state index in [2.05, 4.69) is 0 Å². The lowest BCUT2D eigenvalue weighted by atomic mass is 9.74. The number of nitrogens with zero attached hydrogens (tertiary/aromatic N) is 1. The Hall–Kier alpha value is -2.97. The van der Waals surface area contributed by atoms with E-state index in [0.717, 1.165) is 22.2 Å². The predicted molar refractivity (Wildman–Crippen MR) is 163 cm³/mol. The molecule has 1 N–H and O–H groups in total. The highest BCUT2D eigenvalue weighted by atomic mass is 35.5. The summed E-state index contributed by atoms with van der Waals surface area (Å²) in [6, 6.07) is 15.9. The summed E-state index contributed by atoms with van der Waals surface area (Å²) in [4.78, 5) is 13.0. The van der Waals surface area contributed by atoms with E-state index in [-0.39, 0.29) is 27.6 Å². The molecular weight excluding hydrogens is 655 g/mol. The average molecular weight is 687 g/mol. The molecule has 3 aromatic rings. The maximum absolute atomic E-state index is 14.5. The normalized spacial score (nSPS) is 19.0. The maximum atomic E-state index is 14.5. The molecule has 0 amide bonds. The van der Waals surface area contributed by atoms with Crippen molar-refractivity contribution in [3.8, 4) is 0 Å². The number of hydrogen-bond donors (Lipinski definition) is 1. The first-order chi connectivity index (χ1) is 20.7. The first-order valence-corrected chi connectivity index (χ1v) is 17.1. The van der Waals surface area contributed by atoms with Crippen LogP contribution < -0.4 is 4.31 Å². The Labute approximate surface area is 267 Å². The monoisotopic (exact) mass is 686 g/mol. The zero-order valence-corrected chi connectivity index (χ0v) is 27.2. The zero-order chi connectivity index (χ0) is 33.5. The number of esters is 1. The van der Waals surface area contributed by atoms with Crippen LogP contribution in [-0.2, 0) is 42.5 Å². The first kappa shape index (κ1) is 34.9. The second-order valence-corrected chi connectivity index (χ2v) is 15.2. The van der Waals surface area contributed by atoms with Crippen LogP contribution in [-0.4, -0.2) is 52.4 Å². The van der Waals surface area contributed by atoms with Crippen molar-refractivity contribution >= 4 is 44.4 Å². The van der Waals surface area contributed by atoms with Gasteiger partial charge >= 0.3 is 12.1 Å². The Morgan fingerprint density at radius 3 is 2.31 bits per heavy atom. The quantitative estimate of drug-likeness (QED) is 0.208. The van der Waals surface area contributed by atoms with E-state index in [1.807, 2.05) is 6.92 Å². The number of fused-ring (bicyclic) bond motifs is 1. The van der Waals surface area contributed by atoms with Gasteiger partial charge in [-0.2, -0.15) is 13.2 Å². The highest BCUT2D eigenvalue weighted by molar-refractivity contribution is 7.90. The third-order valence-corrected chi connectivity index (χ3v) is 10.0. The van der Waals surface area contributed by atoms with E-state index in [9.17, 15) is 40.3 Å². The van der Waals surface area contributed by atoms with Gasteiger partial charge in [0, 0.05) is 34.7 Å². The third kappa shape index (κ3) is 7.54. The summed E-state index contributed by atoms with van der Waals surface area (Å²) < 4.78 is 100. The highest BCUT2D eigenvalue weighted by Gasteiger charge is 2.58. The van der Waals surface area contributed by atoms with Gasteiger partial charge in [-0.25, -0.2) is 8.42 Å². The molecule has 8 nitrogen and oxygen atoms in total. The van der Waals surface area contributed by atoms with Gasteiger partial charge in [0.2, 0.25) is 0 Å². The topological polar surface area (TPSA) is 124 Å². The van der Waals surface area contributed by atoms with Crippen LogP contribution in [0.2, 0.25) is 5.02 Å². The number of alkyl halides is 3. The minimum atomic E-state index is -5.33. The lowest BCUT2D eigenvalue weighted by Gasteiger charge is -2.39. The van der Waals surface area contributed by atoms with Crippen LogP contribution >= 0.6 is 11.6 Å². The van der Waals surface area contributed by atoms with Gasteiger partial charge in [0.1, 0.15) is 12.1 Å². The number of sulfone groups is 1. The number of halogens is 4. The lowest BCUT2D eigenvalue weighted by molar-refractivity contribution is -0.270. The summed E-state index contributed by atoms with van der Waals surface area (Å²) in [5.41, 5.74) is -3.00. The molecule has 0 heterocycles. The van der Waals surface area contributed by atoms with Gasteiger partial charge < -0.3 is 14.4 Å². The second kappa shape index (κ2) is 12.7. The molecule has 4 atom stereocenters. The predicted octanol–water partition coefficient (Wildman–Crippen LogP) is 5.91. The average Bonchev–Trinajstić information content (AvgIpc) is 3.25. The van der Waals surface area contributed by atoms with Crippen molar-refractivity contribution in [1.82, 2.24) is 0 Å². The smallest absolute Gasteiger partial charge is 0.417 e. The number of anilines is 1. The summed E-state index contributed by atoms with van der Waals surface area (Å²) in [6.07, 6.45) is -8.26. The van der Waals surface area contributed by atoms with Crippen LogP contribution in [0, 0.1) is 6.92 Å².